The van der Waals surface area contributed by atoms with Crippen LogP contribution in [0.15, 0.2) is 10.4 Å². The average Bonchev–Trinajstić information content (AvgIpc) is 2.90. The first-order valence-electron chi connectivity index (χ1n) is 5.03. The number of aromatic nitrogens is 1. The molecule has 17 heavy (non-hydrogen) atoms. The minimum absolute atomic E-state index is 0.0757. The molecule has 0 saturated heterocycles. The van der Waals surface area contributed by atoms with Gasteiger partial charge in [0, 0.05) is 11.4 Å². The summed E-state index contributed by atoms with van der Waals surface area (Å²) in [4.78, 5) is 7.39. The van der Waals surface area contributed by atoms with E-state index in [9.17, 15) is 13.2 Å². The number of rotatable bonds is 3. The third kappa shape index (κ3) is 3.58. The van der Waals surface area contributed by atoms with Crippen molar-refractivity contribution in [1.82, 2.24) is 10.3 Å². The number of alkyl halides is 3. The van der Waals surface area contributed by atoms with Gasteiger partial charge in [0.25, 0.3) is 0 Å². The van der Waals surface area contributed by atoms with Crippen molar-refractivity contribution in [2.75, 3.05) is 0 Å². The predicted octanol–water partition coefficient (Wildman–Crippen LogP) is 1.73. The Hall–Kier alpha value is -1.31. The van der Waals surface area contributed by atoms with Crippen molar-refractivity contribution in [2.45, 2.75) is 31.6 Å². The lowest BCUT2D eigenvalue weighted by molar-refractivity contribution is -0.140. The highest BCUT2D eigenvalue weighted by Crippen LogP contribution is 2.30. The molecule has 0 atom stereocenters. The first-order chi connectivity index (χ1) is 7.95. The predicted molar refractivity (Wildman–Crippen MR) is 58.6 cm³/mol. The second kappa shape index (κ2) is 4.52. The summed E-state index contributed by atoms with van der Waals surface area (Å²) >= 11 is 0.931. The minimum Gasteiger partial charge on any atom is -0.370 e. The fraction of sp³-hybridized carbons (Fsp3) is 0.556. The molecule has 0 unspecified atom stereocenters. The summed E-state index contributed by atoms with van der Waals surface area (Å²) in [5.41, 5.74) is 4.67. The second-order valence-electron chi connectivity index (χ2n) is 3.74. The Morgan fingerprint density at radius 1 is 1.59 bits per heavy atom. The van der Waals surface area contributed by atoms with Gasteiger partial charge >= 0.3 is 6.18 Å². The number of aliphatic imine (C=N–C) groups is 1. The van der Waals surface area contributed by atoms with E-state index < -0.39 is 11.9 Å². The molecule has 8 heteroatoms. The van der Waals surface area contributed by atoms with Gasteiger partial charge in [0.2, 0.25) is 0 Å². The van der Waals surface area contributed by atoms with Crippen molar-refractivity contribution in [1.29, 1.82) is 0 Å². The van der Waals surface area contributed by atoms with Crippen LogP contribution >= 0.6 is 11.3 Å². The van der Waals surface area contributed by atoms with E-state index in [2.05, 4.69) is 15.3 Å². The maximum absolute atomic E-state index is 12.3. The van der Waals surface area contributed by atoms with Crippen molar-refractivity contribution in [3.05, 3.63) is 16.1 Å². The fourth-order valence-corrected chi connectivity index (χ4v) is 1.87. The molecule has 1 saturated carbocycles. The summed E-state index contributed by atoms with van der Waals surface area (Å²) in [5.74, 6) is 0.260. The molecule has 2 rings (SSSR count). The largest absolute Gasteiger partial charge is 0.434 e. The van der Waals surface area contributed by atoms with Crippen LogP contribution in [0.4, 0.5) is 13.2 Å². The second-order valence-corrected chi connectivity index (χ2v) is 4.69. The van der Waals surface area contributed by atoms with E-state index in [1.807, 2.05) is 0 Å². The molecular weight excluding hydrogens is 253 g/mol. The third-order valence-electron chi connectivity index (χ3n) is 2.16. The number of hydrogen-bond donors (Lipinski definition) is 2. The molecule has 0 spiro atoms. The lowest BCUT2D eigenvalue weighted by Gasteiger charge is -2.01. The maximum atomic E-state index is 12.3. The van der Waals surface area contributed by atoms with Crippen LogP contribution < -0.4 is 11.1 Å². The van der Waals surface area contributed by atoms with E-state index in [1.165, 1.54) is 0 Å². The number of nitrogens with one attached hydrogen (secondary N) is 1. The van der Waals surface area contributed by atoms with Gasteiger partial charge in [-0.3, -0.25) is 0 Å². The van der Waals surface area contributed by atoms with Crippen LogP contribution in [0.3, 0.4) is 0 Å². The summed E-state index contributed by atoms with van der Waals surface area (Å²) in [6.45, 7) is 0.0757. The molecule has 1 aromatic rings. The van der Waals surface area contributed by atoms with Crippen molar-refractivity contribution in [3.8, 4) is 0 Å². The molecule has 1 aliphatic carbocycles. The number of thiazole rings is 1. The summed E-state index contributed by atoms with van der Waals surface area (Å²) in [5, 5.41) is 4.23. The van der Waals surface area contributed by atoms with Crippen molar-refractivity contribution in [2.24, 2.45) is 10.7 Å². The standard InChI is InChI=1S/C9H11F3N4S/c10-9(11,12)6-4-17-7(16-6)3-14-8(13)15-5-1-2-5/h4-5H,1-3H2,(H3,13,14,15). The van der Waals surface area contributed by atoms with Crippen molar-refractivity contribution >= 4 is 17.3 Å². The highest BCUT2D eigenvalue weighted by Gasteiger charge is 2.33. The van der Waals surface area contributed by atoms with Gasteiger partial charge in [-0.05, 0) is 12.8 Å². The molecule has 3 N–H and O–H groups in total. The highest BCUT2D eigenvalue weighted by atomic mass is 32.1. The van der Waals surface area contributed by atoms with Crippen LogP contribution in [0.2, 0.25) is 0 Å². The van der Waals surface area contributed by atoms with E-state index in [1.54, 1.807) is 0 Å². The van der Waals surface area contributed by atoms with Crippen molar-refractivity contribution < 1.29 is 13.2 Å². The zero-order valence-electron chi connectivity index (χ0n) is 8.79. The average molecular weight is 264 g/mol. The van der Waals surface area contributed by atoms with Gasteiger partial charge in [0.15, 0.2) is 11.7 Å². The van der Waals surface area contributed by atoms with Gasteiger partial charge in [-0.2, -0.15) is 13.2 Å². The van der Waals surface area contributed by atoms with E-state index in [0.29, 0.717) is 11.0 Å². The van der Waals surface area contributed by atoms with Gasteiger partial charge < -0.3 is 11.1 Å². The minimum atomic E-state index is -4.39. The smallest absolute Gasteiger partial charge is 0.370 e. The van der Waals surface area contributed by atoms with Crippen LogP contribution in [0.1, 0.15) is 23.5 Å². The maximum Gasteiger partial charge on any atom is 0.434 e. The van der Waals surface area contributed by atoms with E-state index >= 15 is 0 Å². The molecule has 0 radical (unpaired) electrons. The van der Waals surface area contributed by atoms with Gasteiger partial charge in [-0.1, -0.05) is 0 Å². The van der Waals surface area contributed by atoms with Crippen molar-refractivity contribution in [3.63, 3.8) is 0 Å². The Morgan fingerprint density at radius 2 is 2.29 bits per heavy atom. The Bertz CT molecular complexity index is 422. The zero-order valence-corrected chi connectivity index (χ0v) is 9.61. The molecule has 1 aromatic heterocycles. The zero-order chi connectivity index (χ0) is 12.5. The topological polar surface area (TPSA) is 63.3 Å². The molecule has 94 valence electrons. The van der Waals surface area contributed by atoms with Gasteiger partial charge in [-0.15, -0.1) is 11.3 Å². The molecule has 0 aliphatic heterocycles. The normalized spacial score (nSPS) is 17.2. The van der Waals surface area contributed by atoms with Crippen LogP contribution in [-0.2, 0) is 12.7 Å². The number of halogens is 3. The Morgan fingerprint density at radius 3 is 2.82 bits per heavy atom. The molecule has 0 aromatic carbocycles. The van der Waals surface area contributed by atoms with Gasteiger partial charge in [-0.25, -0.2) is 9.98 Å². The Labute approximate surface area is 99.8 Å². The highest BCUT2D eigenvalue weighted by molar-refractivity contribution is 7.09. The van der Waals surface area contributed by atoms with E-state index in [-0.39, 0.29) is 12.5 Å². The lowest BCUT2D eigenvalue weighted by atomic mass is 10.5. The molecule has 1 heterocycles. The number of guanidine groups is 1. The van der Waals surface area contributed by atoms with E-state index in [4.69, 9.17) is 5.73 Å². The quantitative estimate of drug-likeness (QED) is 0.645. The number of nitrogens with zero attached hydrogens (tertiary/aromatic N) is 2. The summed E-state index contributed by atoms with van der Waals surface area (Å²) in [7, 11) is 0. The molecule has 1 fully saturated rings. The number of nitrogens with two attached hydrogens (primary N) is 1. The summed E-state index contributed by atoms with van der Waals surface area (Å²) in [6.07, 6.45) is -2.27. The Balaban J connectivity index is 1.92. The monoisotopic (exact) mass is 264 g/mol. The lowest BCUT2D eigenvalue weighted by Crippen LogP contribution is -2.33. The van der Waals surface area contributed by atoms with Crippen LogP contribution in [0.5, 0.6) is 0 Å². The van der Waals surface area contributed by atoms with Gasteiger partial charge in [0.05, 0.1) is 6.54 Å². The molecule has 1 aliphatic rings. The number of hydrogen-bond acceptors (Lipinski definition) is 3. The van der Waals surface area contributed by atoms with Crippen LogP contribution in [0.25, 0.3) is 0 Å². The summed E-state index contributed by atoms with van der Waals surface area (Å²) in [6, 6.07) is 0.376. The first kappa shape index (κ1) is 12.2. The molecular formula is C9H11F3N4S. The molecule has 0 bridgehead atoms. The Kier molecular flexibility index (Phi) is 3.23. The summed E-state index contributed by atoms with van der Waals surface area (Å²) < 4.78 is 36.8. The third-order valence-corrected chi connectivity index (χ3v) is 2.99. The van der Waals surface area contributed by atoms with Gasteiger partial charge in [0.1, 0.15) is 5.01 Å². The SMILES string of the molecule is NC(=NCc1nc(C(F)(F)F)cs1)NC1CC1. The molecule has 0 amide bonds. The van der Waals surface area contributed by atoms with Crippen LogP contribution in [0, 0.1) is 0 Å². The van der Waals surface area contributed by atoms with Crippen LogP contribution in [-0.4, -0.2) is 17.0 Å². The first-order valence-corrected chi connectivity index (χ1v) is 5.91. The fourth-order valence-electron chi connectivity index (χ4n) is 1.15. The molecule has 4 nitrogen and oxygen atoms in total. The van der Waals surface area contributed by atoms with E-state index in [0.717, 1.165) is 29.6 Å².